The third kappa shape index (κ3) is 2.27. The summed E-state index contributed by atoms with van der Waals surface area (Å²) in [6, 6.07) is 11.4. The fourth-order valence-corrected chi connectivity index (χ4v) is 2.18. The fraction of sp³-hybridized carbons (Fsp3) is 0.267. The van der Waals surface area contributed by atoms with Crippen LogP contribution in [0.4, 0.5) is 0 Å². The molecule has 1 fully saturated rings. The van der Waals surface area contributed by atoms with Gasteiger partial charge in [0.1, 0.15) is 5.92 Å². The van der Waals surface area contributed by atoms with Gasteiger partial charge in [-0.2, -0.15) is 5.26 Å². The van der Waals surface area contributed by atoms with Crippen LogP contribution in [0.3, 0.4) is 0 Å². The molecule has 4 heteroatoms. The summed E-state index contributed by atoms with van der Waals surface area (Å²) in [6.45, 7) is 1.74. The monoisotopic (exact) mass is 254 g/mol. The van der Waals surface area contributed by atoms with E-state index in [1.54, 1.807) is 13.0 Å². The molecular weight excluding hydrogens is 240 g/mol. The zero-order valence-corrected chi connectivity index (χ0v) is 10.8. The first-order chi connectivity index (χ1) is 9.06. The summed E-state index contributed by atoms with van der Waals surface area (Å²) in [5, 5.41) is 9.08. The molecule has 96 valence electrons. The summed E-state index contributed by atoms with van der Waals surface area (Å²) in [6.07, 6.45) is 1.75. The number of rotatable bonds is 1. The van der Waals surface area contributed by atoms with E-state index in [2.05, 4.69) is 0 Å². The highest BCUT2D eigenvalue weighted by molar-refractivity contribution is 6.11. The molecule has 4 nitrogen and oxygen atoms in total. The Morgan fingerprint density at radius 1 is 1.26 bits per heavy atom. The second kappa shape index (κ2) is 5.07. The summed E-state index contributed by atoms with van der Waals surface area (Å²) in [7, 11) is 1.42. The summed E-state index contributed by atoms with van der Waals surface area (Å²) in [5.74, 6) is -1.93. The lowest BCUT2D eigenvalue weighted by Gasteiger charge is -2.31. The van der Waals surface area contributed by atoms with Crippen LogP contribution in [0.2, 0.25) is 0 Å². The van der Waals surface area contributed by atoms with Crippen molar-refractivity contribution in [3.8, 4) is 6.07 Å². The Morgan fingerprint density at radius 3 is 2.47 bits per heavy atom. The van der Waals surface area contributed by atoms with Gasteiger partial charge in [0.2, 0.25) is 5.91 Å². The molecule has 2 rings (SSSR count). The van der Waals surface area contributed by atoms with Gasteiger partial charge in [-0.1, -0.05) is 37.3 Å². The van der Waals surface area contributed by atoms with Crippen molar-refractivity contribution in [2.45, 2.75) is 6.92 Å². The lowest BCUT2D eigenvalue weighted by molar-refractivity contribution is -0.146. The molecule has 2 amide bonds. The van der Waals surface area contributed by atoms with Crippen LogP contribution in [-0.2, 0) is 9.59 Å². The maximum atomic E-state index is 12.1. The number of carbonyl (C=O) groups excluding carboxylic acids is 2. The number of likely N-dealkylation sites (N-methyl/N-ethyl adjacent to an activating group) is 1. The van der Waals surface area contributed by atoms with Crippen LogP contribution in [0, 0.1) is 23.2 Å². The zero-order valence-electron chi connectivity index (χ0n) is 10.8. The lowest BCUT2D eigenvalue weighted by atomic mass is 9.82. The Balaban J connectivity index is 2.44. The van der Waals surface area contributed by atoms with Gasteiger partial charge >= 0.3 is 0 Å². The normalized spacial score (nSPS) is 25.5. The van der Waals surface area contributed by atoms with Crippen molar-refractivity contribution < 1.29 is 9.59 Å². The fourth-order valence-electron chi connectivity index (χ4n) is 2.18. The molecule has 0 radical (unpaired) electrons. The average Bonchev–Trinajstić information content (AvgIpc) is 2.43. The summed E-state index contributed by atoms with van der Waals surface area (Å²) >= 11 is 0. The van der Waals surface area contributed by atoms with Gasteiger partial charge in [-0.25, -0.2) is 0 Å². The number of amides is 2. The first-order valence-corrected chi connectivity index (χ1v) is 6.04. The van der Waals surface area contributed by atoms with E-state index in [0.29, 0.717) is 5.57 Å². The van der Waals surface area contributed by atoms with Crippen LogP contribution >= 0.6 is 0 Å². The van der Waals surface area contributed by atoms with E-state index < -0.39 is 11.8 Å². The van der Waals surface area contributed by atoms with Crippen molar-refractivity contribution in [2.75, 3.05) is 7.05 Å². The number of nitriles is 1. The molecule has 19 heavy (non-hydrogen) atoms. The second-order valence-electron chi connectivity index (χ2n) is 4.61. The minimum Gasteiger partial charge on any atom is -0.281 e. The number of benzene rings is 1. The van der Waals surface area contributed by atoms with Crippen LogP contribution in [0.15, 0.2) is 35.9 Å². The van der Waals surface area contributed by atoms with E-state index in [1.807, 2.05) is 36.4 Å². The third-order valence-corrected chi connectivity index (χ3v) is 3.40. The highest BCUT2D eigenvalue weighted by Crippen LogP contribution is 2.30. The Hall–Kier alpha value is -2.41. The quantitative estimate of drug-likeness (QED) is 0.567. The second-order valence-corrected chi connectivity index (χ2v) is 4.61. The zero-order chi connectivity index (χ0) is 14.0. The number of carbonyl (C=O) groups is 2. The molecular formula is C15H14N2O2. The maximum absolute atomic E-state index is 12.1. The van der Waals surface area contributed by atoms with Gasteiger partial charge in [-0.05, 0) is 11.6 Å². The summed E-state index contributed by atoms with van der Waals surface area (Å²) in [4.78, 5) is 25.0. The molecule has 0 aliphatic carbocycles. The summed E-state index contributed by atoms with van der Waals surface area (Å²) in [5.41, 5.74) is 1.39. The molecule has 1 heterocycles. The highest BCUT2D eigenvalue weighted by Gasteiger charge is 2.40. The van der Waals surface area contributed by atoms with Gasteiger partial charge in [0.25, 0.3) is 5.91 Å². The molecule has 0 aromatic heterocycles. The summed E-state index contributed by atoms with van der Waals surface area (Å²) < 4.78 is 0. The molecule has 0 N–H and O–H groups in total. The number of imide groups is 1. The first-order valence-electron chi connectivity index (χ1n) is 6.04. The molecule has 1 aliphatic rings. The van der Waals surface area contributed by atoms with E-state index in [4.69, 9.17) is 5.26 Å². The largest absolute Gasteiger partial charge is 0.281 e. The predicted molar refractivity (Wildman–Crippen MR) is 70.5 cm³/mol. The van der Waals surface area contributed by atoms with Crippen molar-refractivity contribution in [1.82, 2.24) is 4.90 Å². The smallest absolute Gasteiger partial charge is 0.256 e. The molecule has 1 saturated heterocycles. The van der Waals surface area contributed by atoms with Crippen molar-refractivity contribution in [2.24, 2.45) is 11.8 Å². The molecule has 0 unspecified atom stereocenters. The first kappa shape index (κ1) is 13.0. The maximum Gasteiger partial charge on any atom is 0.256 e. The molecule has 1 aromatic rings. The molecule has 2 atom stereocenters. The van der Waals surface area contributed by atoms with E-state index in [1.165, 1.54) is 7.05 Å². The van der Waals surface area contributed by atoms with Crippen molar-refractivity contribution in [3.05, 3.63) is 41.5 Å². The molecule has 0 bridgehead atoms. The number of hydrogen-bond acceptors (Lipinski definition) is 3. The van der Waals surface area contributed by atoms with Crippen LogP contribution in [0.1, 0.15) is 12.5 Å². The molecule has 0 spiro atoms. The van der Waals surface area contributed by atoms with Gasteiger partial charge in [0, 0.05) is 18.5 Å². The van der Waals surface area contributed by atoms with Gasteiger partial charge in [0.15, 0.2) is 0 Å². The molecule has 1 aliphatic heterocycles. The number of hydrogen-bond donors (Lipinski definition) is 0. The topological polar surface area (TPSA) is 61.2 Å². The minimum atomic E-state index is -0.794. The average molecular weight is 254 g/mol. The van der Waals surface area contributed by atoms with E-state index in [9.17, 15) is 9.59 Å². The van der Waals surface area contributed by atoms with Crippen LogP contribution in [0.25, 0.3) is 6.08 Å². The van der Waals surface area contributed by atoms with E-state index in [0.717, 1.165) is 10.5 Å². The van der Waals surface area contributed by atoms with Crippen LogP contribution in [-0.4, -0.2) is 23.8 Å². The van der Waals surface area contributed by atoms with Crippen molar-refractivity contribution in [3.63, 3.8) is 0 Å². The molecule has 1 aromatic carbocycles. The SMILES string of the molecule is C[C@@H]1/C(=C\c2ccccc2)C(=O)N(C)C(=O)[C@H]1C#N. The van der Waals surface area contributed by atoms with Crippen LogP contribution in [0.5, 0.6) is 0 Å². The standard InChI is InChI=1S/C15H14N2O2/c1-10-12(8-11-6-4-3-5-7-11)14(18)17(2)15(19)13(10)9-16/h3-8,10,13H,1-2H3/b12-8+/t10-,13+/m1/s1. The van der Waals surface area contributed by atoms with E-state index >= 15 is 0 Å². The molecule has 0 saturated carbocycles. The Morgan fingerprint density at radius 2 is 1.89 bits per heavy atom. The minimum absolute atomic E-state index is 0.326. The van der Waals surface area contributed by atoms with E-state index in [-0.39, 0.29) is 11.8 Å². The lowest BCUT2D eigenvalue weighted by Crippen LogP contribution is -2.47. The van der Waals surface area contributed by atoms with Crippen molar-refractivity contribution in [1.29, 1.82) is 5.26 Å². The number of piperidine rings is 1. The number of likely N-dealkylation sites (tertiary alicyclic amines) is 1. The number of nitrogens with zero attached hydrogens (tertiary/aromatic N) is 2. The Kier molecular flexibility index (Phi) is 3.48. The van der Waals surface area contributed by atoms with Crippen LogP contribution < -0.4 is 0 Å². The third-order valence-electron chi connectivity index (χ3n) is 3.40. The Labute approximate surface area is 111 Å². The van der Waals surface area contributed by atoms with Gasteiger partial charge in [-0.15, -0.1) is 0 Å². The Bertz CT molecular complexity index is 584. The van der Waals surface area contributed by atoms with Crippen molar-refractivity contribution >= 4 is 17.9 Å². The van der Waals surface area contributed by atoms with Gasteiger partial charge in [-0.3, -0.25) is 14.5 Å². The predicted octanol–water partition coefficient (Wildman–Crippen LogP) is 1.84. The van der Waals surface area contributed by atoms with Gasteiger partial charge in [0.05, 0.1) is 6.07 Å². The highest BCUT2D eigenvalue weighted by atomic mass is 16.2. The van der Waals surface area contributed by atoms with Gasteiger partial charge < -0.3 is 0 Å².